The van der Waals surface area contributed by atoms with Gasteiger partial charge < -0.3 is 4.89 Å². The fraction of sp³-hybridized carbons (Fsp3) is 1.00. The summed E-state index contributed by atoms with van der Waals surface area (Å²) in [5.74, 6) is 2.06. The van der Waals surface area contributed by atoms with Crippen LogP contribution in [0.15, 0.2) is 0 Å². The maximum absolute atomic E-state index is 13.1. The van der Waals surface area contributed by atoms with Gasteiger partial charge >= 0.3 is 15.6 Å². The second kappa shape index (κ2) is 22.1. The van der Waals surface area contributed by atoms with Crippen molar-refractivity contribution in [2.24, 2.45) is 17.8 Å². The molecule has 1 atom stereocenters. The summed E-state index contributed by atoms with van der Waals surface area (Å²) in [6.45, 7) is 13.6. The Morgan fingerprint density at radius 2 is 0.806 bits per heavy atom. The summed E-state index contributed by atoms with van der Waals surface area (Å²) < 4.78 is 46.5. The minimum atomic E-state index is -4.55. The van der Waals surface area contributed by atoms with Gasteiger partial charge in [0.2, 0.25) is 0 Å². The first kappa shape index (κ1) is 36.3. The molecule has 0 aliphatic rings. The lowest BCUT2D eigenvalue weighted by Crippen LogP contribution is -2.04. The van der Waals surface area contributed by atoms with Gasteiger partial charge in [-0.05, 0) is 37.0 Å². The summed E-state index contributed by atoms with van der Waals surface area (Å²) in [6, 6.07) is 0. The van der Waals surface area contributed by atoms with E-state index in [2.05, 4.69) is 41.5 Å². The normalized spacial score (nSPS) is 14.3. The zero-order chi connectivity index (χ0) is 27.3. The van der Waals surface area contributed by atoms with Gasteiger partial charge in [-0.1, -0.05) is 119 Å². The predicted molar refractivity (Wildman–Crippen MR) is 150 cm³/mol. The second-order valence-electron chi connectivity index (χ2n) is 11.3. The van der Waals surface area contributed by atoms with E-state index in [1.165, 1.54) is 19.3 Å². The Balaban J connectivity index is 4.50. The molecule has 0 aromatic carbocycles. The highest BCUT2D eigenvalue weighted by Crippen LogP contribution is 2.63. The minimum Gasteiger partial charge on any atom is -0.302 e. The van der Waals surface area contributed by atoms with Crippen molar-refractivity contribution < 1.29 is 31.9 Å². The summed E-state index contributed by atoms with van der Waals surface area (Å²) in [5, 5.41) is 0. The summed E-state index contributed by atoms with van der Waals surface area (Å²) in [7, 11) is -8.75. The van der Waals surface area contributed by atoms with Crippen LogP contribution in [0.5, 0.6) is 0 Å². The first-order valence-electron chi connectivity index (χ1n) is 14.5. The zero-order valence-corrected chi connectivity index (χ0v) is 26.0. The molecule has 0 amide bonds. The van der Waals surface area contributed by atoms with Crippen LogP contribution in [0.1, 0.15) is 138 Å². The average molecular weight is 557 g/mol. The molecule has 0 bridgehead atoms. The van der Waals surface area contributed by atoms with Crippen LogP contribution in [-0.4, -0.2) is 24.7 Å². The van der Waals surface area contributed by atoms with E-state index < -0.39 is 15.6 Å². The standard InChI is InChI=1S/C27H58O7P2/c1-25(2)19-13-7-10-16-22-31-35(28,29)34-36(30,32-23-17-11-8-14-20-26(3)4)33-24-18-12-9-15-21-27(5)6/h25-27H,7-24H2,1-6H3,(H,28,29). The maximum atomic E-state index is 13.1. The van der Waals surface area contributed by atoms with Crippen molar-refractivity contribution in [1.82, 2.24) is 0 Å². The largest absolute Gasteiger partial charge is 0.483 e. The molecule has 0 aromatic rings. The van der Waals surface area contributed by atoms with E-state index in [1.54, 1.807) is 0 Å². The van der Waals surface area contributed by atoms with Gasteiger partial charge in [-0.25, -0.2) is 9.13 Å². The average Bonchev–Trinajstić information content (AvgIpc) is 2.76. The van der Waals surface area contributed by atoms with Crippen molar-refractivity contribution in [3.63, 3.8) is 0 Å². The van der Waals surface area contributed by atoms with Crippen LogP contribution in [0, 0.1) is 17.8 Å². The molecule has 0 saturated carbocycles. The molecule has 0 spiro atoms. The fourth-order valence-electron chi connectivity index (χ4n) is 3.79. The Morgan fingerprint density at radius 1 is 0.500 bits per heavy atom. The first-order valence-corrected chi connectivity index (χ1v) is 17.5. The van der Waals surface area contributed by atoms with Gasteiger partial charge in [0.25, 0.3) is 0 Å². The second-order valence-corrected chi connectivity index (χ2v) is 14.5. The molecule has 0 aliphatic heterocycles. The third kappa shape index (κ3) is 24.6. The SMILES string of the molecule is CC(C)CCCCCCOP(=O)(O)OP(=O)(OCCCCCCC(C)C)OCCCCCCC(C)C. The highest BCUT2D eigenvalue weighted by molar-refractivity contribution is 7.61. The van der Waals surface area contributed by atoms with Crippen LogP contribution >= 0.6 is 15.6 Å². The Labute approximate surface area is 223 Å². The highest BCUT2D eigenvalue weighted by Gasteiger charge is 2.38. The highest BCUT2D eigenvalue weighted by atomic mass is 31.3. The van der Waals surface area contributed by atoms with Gasteiger partial charge in [0.05, 0.1) is 19.8 Å². The van der Waals surface area contributed by atoms with E-state index >= 15 is 0 Å². The van der Waals surface area contributed by atoms with Gasteiger partial charge in [0.15, 0.2) is 0 Å². The summed E-state index contributed by atoms with van der Waals surface area (Å²) in [4.78, 5) is 10.2. The van der Waals surface area contributed by atoms with Crippen LogP contribution in [0.3, 0.4) is 0 Å². The number of phosphoric acid groups is 2. The lowest BCUT2D eigenvalue weighted by Gasteiger charge is -2.20. The minimum absolute atomic E-state index is 0.0706. The quantitative estimate of drug-likeness (QED) is 0.0837. The van der Waals surface area contributed by atoms with Crippen molar-refractivity contribution in [2.45, 2.75) is 138 Å². The third-order valence-corrected chi connectivity index (χ3v) is 9.12. The molecule has 0 aliphatic carbocycles. The predicted octanol–water partition coefficient (Wildman–Crippen LogP) is 10.1. The number of unbranched alkanes of at least 4 members (excludes halogenated alkanes) is 9. The Hall–Kier alpha value is 0.260. The van der Waals surface area contributed by atoms with Crippen molar-refractivity contribution in [3.8, 4) is 0 Å². The van der Waals surface area contributed by atoms with Crippen molar-refractivity contribution in [1.29, 1.82) is 0 Å². The van der Waals surface area contributed by atoms with Crippen LogP contribution in [0.4, 0.5) is 0 Å². The smallest absolute Gasteiger partial charge is 0.302 e. The summed E-state index contributed by atoms with van der Waals surface area (Å²) in [6.07, 6.45) is 15.0. The monoisotopic (exact) mass is 556 g/mol. The molecule has 218 valence electrons. The molecule has 0 aromatic heterocycles. The van der Waals surface area contributed by atoms with Crippen LogP contribution in [0.25, 0.3) is 0 Å². The van der Waals surface area contributed by atoms with Crippen molar-refractivity contribution >= 4 is 15.6 Å². The number of hydrogen-bond acceptors (Lipinski definition) is 6. The molecule has 0 heterocycles. The van der Waals surface area contributed by atoms with E-state index in [0.717, 1.165) is 57.8 Å². The third-order valence-electron chi connectivity index (χ3n) is 5.98. The zero-order valence-electron chi connectivity index (χ0n) is 24.3. The van der Waals surface area contributed by atoms with Crippen LogP contribution in [-0.2, 0) is 27.0 Å². The molecular formula is C27H58O7P2. The first-order chi connectivity index (χ1) is 17.0. The summed E-state index contributed by atoms with van der Waals surface area (Å²) in [5.41, 5.74) is 0. The Bertz CT molecular complexity index is 571. The topological polar surface area (TPSA) is 91.3 Å². The van der Waals surface area contributed by atoms with Gasteiger partial charge in [-0.15, -0.1) is 0 Å². The molecule has 7 nitrogen and oxygen atoms in total. The van der Waals surface area contributed by atoms with Gasteiger partial charge in [-0.2, -0.15) is 4.31 Å². The molecule has 1 unspecified atom stereocenters. The molecule has 0 rings (SSSR count). The number of hydrogen-bond donors (Lipinski definition) is 1. The molecule has 0 saturated heterocycles. The van der Waals surface area contributed by atoms with Gasteiger partial charge in [0, 0.05) is 0 Å². The molecular weight excluding hydrogens is 498 g/mol. The molecule has 0 radical (unpaired) electrons. The van der Waals surface area contributed by atoms with E-state index in [4.69, 9.17) is 17.9 Å². The lowest BCUT2D eigenvalue weighted by atomic mass is 10.0. The van der Waals surface area contributed by atoms with E-state index in [9.17, 15) is 14.0 Å². The summed E-state index contributed by atoms with van der Waals surface area (Å²) >= 11 is 0. The van der Waals surface area contributed by atoms with Gasteiger partial charge in [0.1, 0.15) is 0 Å². The van der Waals surface area contributed by atoms with Crippen molar-refractivity contribution in [2.75, 3.05) is 19.8 Å². The van der Waals surface area contributed by atoms with Gasteiger partial charge in [-0.3, -0.25) is 13.6 Å². The fourth-order valence-corrected chi connectivity index (χ4v) is 6.51. The Kier molecular flexibility index (Phi) is 22.3. The Morgan fingerprint density at radius 3 is 1.14 bits per heavy atom. The van der Waals surface area contributed by atoms with E-state index in [-0.39, 0.29) is 19.8 Å². The number of phosphoric ester groups is 2. The molecule has 0 fully saturated rings. The van der Waals surface area contributed by atoms with Crippen molar-refractivity contribution in [3.05, 3.63) is 0 Å². The molecule has 9 heteroatoms. The maximum Gasteiger partial charge on any atom is 0.483 e. The number of rotatable bonds is 26. The molecule has 36 heavy (non-hydrogen) atoms. The van der Waals surface area contributed by atoms with E-state index in [0.29, 0.717) is 37.0 Å². The van der Waals surface area contributed by atoms with Crippen LogP contribution < -0.4 is 0 Å². The lowest BCUT2D eigenvalue weighted by molar-refractivity contribution is 0.123. The molecule has 1 N–H and O–H groups in total. The van der Waals surface area contributed by atoms with E-state index in [1.807, 2.05) is 0 Å². The van der Waals surface area contributed by atoms with Crippen LogP contribution in [0.2, 0.25) is 0 Å².